The van der Waals surface area contributed by atoms with Gasteiger partial charge in [0.15, 0.2) is 0 Å². The highest BCUT2D eigenvalue weighted by atomic mass is 32.2. The number of aliphatic hydroxyl groups is 1. The standard InChI is InChI=1S/C28H27N7O4S/c1-17-16-18(2)31-28(30-17)35-40(38,39)20-12-10-19(11-13-20)32-25-21-6-3-4-9-24(21)33-26-22(25)7-5-8-23(26)27(37)34-29-14-15-36/h3-13,16,29,36H,14-15H2,1-2H3,(H,32,33)(H,34,37)(H,30,31,35). The van der Waals surface area contributed by atoms with E-state index in [0.717, 1.165) is 11.1 Å². The predicted molar refractivity (Wildman–Crippen MR) is 154 cm³/mol. The molecular formula is C28H27N7O4S. The Hall–Kier alpha value is -4.65. The van der Waals surface area contributed by atoms with E-state index in [0.29, 0.717) is 39.1 Å². The number of amides is 1. The summed E-state index contributed by atoms with van der Waals surface area (Å²) in [6, 6.07) is 20.9. The number of carbonyl (C=O) groups excluding carboxylic acids is 1. The van der Waals surface area contributed by atoms with E-state index in [2.05, 4.69) is 30.9 Å². The maximum absolute atomic E-state index is 13.0. The van der Waals surface area contributed by atoms with Gasteiger partial charge in [0.2, 0.25) is 5.95 Å². The second-order valence-electron chi connectivity index (χ2n) is 9.04. The van der Waals surface area contributed by atoms with E-state index in [1.54, 1.807) is 44.2 Å². The summed E-state index contributed by atoms with van der Waals surface area (Å²) >= 11 is 0. The monoisotopic (exact) mass is 557 g/mol. The molecule has 0 unspecified atom stereocenters. The molecule has 5 rings (SSSR count). The number of sulfonamides is 1. The van der Waals surface area contributed by atoms with Crippen LogP contribution >= 0.6 is 0 Å². The minimum absolute atomic E-state index is 0.0147. The molecular weight excluding hydrogens is 530 g/mol. The molecule has 0 fully saturated rings. The van der Waals surface area contributed by atoms with Crippen LogP contribution in [0.2, 0.25) is 0 Å². The first-order valence-corrected chi connectivity index (χ1v) is 13.9. The molecule has 0 aliphatic carbocycles. The van der Waals surface area contributed by atoms with Crippen molar-refractivity contribution in [2.24, 2.45) is 0 Å². The molecule has 11 nitrogen and oxygen atoms in total. The number of nitrogens with zero attached hydrogens (tertiary/aromatic N) is 3. The second kappa shape index (κ2) is 11.2. The summed E-state index contributed by atoms with van der Waals surface area (Å²) < 4.78 is 28.4. The molecule has 0 atom stereocenters. The van der Waals surface area contributed by atoms with Gasteiger partial charge in [0, 0.05) is 34.4 Å². The third kappa shape index (κ3) is 5.69. The van der Waals surface area contributed by atoms with Gasteiger partial charge in [-0.1, -0.05) is 30.3 Å². The third-order valence-electron chi connectivity index (χ3n) is 6.04. The van der Waals surface area contributed by atoms with Gasteiger partial charge in [-0.05, 0) is 56.3 Å². The molecule has 5 N–H and O–H groups in total. The van der Waals surface area contributed by atoms with Gasteiger partial charge in [0.1, 0.15) is 0 Å². The number of anilines is 3. The lowest BCUT2D eigenvalue weighted by Gasteiger charge is -2.16. The fourth-order valence-electron chi connectivity index (χ4n) is 4.31. The zero-order valence-electron chi connectivity index (χ0n) is 21.8. The number of hydrogen-bond acceptors (Lipinski definition) is 9. The van der Waals surface area contributed by atoms with Crippen LogP contribution in [0.15, 0.2) is 77.7 Å². The first kappa shape index (κ1) is 26.9. The smallest absolute Gasteiger partial charge is 0.267 e. The Bertz CT molecular complexity index is 1810. The lowest BCUT2D eigenvalue weighted by Crippen LogP contribution is -2.39. The fraction of sp³-hybridized carbons (Fsp3) is 0.143. The van der Waals surface area contributed by atoms with Crippen LogP contribution in [0.5, 0.6) is 0 Å². The highest BCUT2D eigenvalue weighted by Crippen LogP contribution is 2.34. The molecule has 40 heavy (non-hydrogen) atoms. The number of pyridine rings is 1. The van der Waals surface area contributed by atoms with Crippen molar-refractivity contribution < 1.29 is 18.3 Å². The van der Waals surface area contributed by atoms with Gasteiger partial charge in [0.05, 0.1) is 33.8 Å². The molecule has 0 aliphatic rings. The van der Waals surface area contributed by atoms with Crippen molar-refractivity contribution in [3.8, 4) is 0 Å². The highest BCUT2D eigenvalue weighted by molar-refractivity contribution is 7.92. The minimum Gasteiger partial charge on any atom is -0.395 e. The van der Waals surface area contributed by atoms with E-state index in [1.165, 1.54) is 12.1 Å². The first-order valence-electron chi connectivity index (χ1n) is 12.4. The average molecular weight is 558 g/mol. The Balaban J connectivity index is 1.49. The summed E-state index contributed by atoms with van der Waals surface area (Å²) in [7, 11) is -3.91. The molecule has 2 aromatic heterocycles. The number of benzene rings is 3. The molecule has 1 amide bonds. The molecule has 2 heterocycles. The lowest BCUT2D eigenvalue weighted by molar-refractivity contribution is 0.0931. The van der Waals surface area contributed by atoms with Gasteiger partial charge >= 0.3 is 0 Å². The number of fused-ring (bicyclic) bond motifs is 2. The van der Waals surface area contributed by atoms with Crippen molar-refractivity contribution in [1.82, 2.24) is 25.8 Å². The first-order chi connectivity index (χ1) is 19.2. The Morgan fingerprint density at radius 1 is 0.875 bits per heavy atom. The molecule has 0 saturated carbocycles. The van der Waals surface area contributed by atoms with Crippen LogP contribution in [0.25, 0.3) is 21.8 Å². The molecule has 0 saturated heterocycles. The summed E-state index contributed by atoms with van der Waals surface area (Å²) in [5.74, 6) is -0.372. The number of nitrogens with one attached hydrogen (secondary N) is 4. The van der Waals surface area contributed by atoms with Crippen molar-refractivity contribution in [3.05, 3.63) is 89.7 Å². The van der Waals surface area contributed by atoms with Crippen LogP contribution in [-0.2, 0) is 10.0 Å². The highest BCUT2D eigenvalue weighted by Gasteiger charge is 2.18. The molecule has 0 radical (unpaired) electrons. The Morgan fingerprint density at radius 3 is 2.30 bits per heavy atom. The van der Waals surface area contributed by atoms with Gasteiger partial charge in [0.25, 0.3) is 15.9 Å². The zero-order chi connectivity index (χ0) is 28.3. The van der Waals surface area contributed by atoms with Crippen LogP contribution in [0.1, 0.15) is 21.7 Å². The van der Waals surface area contributed by atoms with Crippen LogP contribution in [-0.4, -0.2) is 47.5 Å². The van der Waals surface area contributed by atoms with E-state index in [1.807, 2.05) is 30.3 Å². The van der Waals surface area contributed by atoms with Gasteiger partial charge in [-0.15, -0.1) is 0 Å². The maximum Gasteiger partial charge on any atom is 0.267 e. The van der Waals surface area contributed by atoms with Crippen molar-refractivity contribution >= 4 is 55.1 Å². The van der Waals surface area contributed by atoms with Gasteiger partial charge in [-0.25, -0.2) is 33.5 Å². The quantitative estimate of drug-likeness (QED) is 0.104. The number of para-hydroxylation sites is 2. The number of hydrazine groups is 1. The Morgan fingerprint density at radius 2 is 1.57 bits per heavy atom. The van der Waals surface area contributed by atoms with Crippen molar-refractivity contribution in [2.75, 3.05) is 23.2 Å². The SMILES string of the molecule is Cc1cc(C)nc(NS(=O)(=O)c2ccc(Nc3c4ccccc4nc4c(C(=O)NNCCO)cccc34)cc2)n1. The van der Waals surface area contributed by atoms with Crippen molar-refractivity contribution in [3.63, 3.8) is 0 Å². The van der Waals surface area contributed by atoms with Gasteiger partial charge in [-0.2, -0.15) is 0 Å². The number of hydrogen-bond donors (Lipinski definition) is 5. The van der Waals surface area contributed by atoms with E-state index in [4.69, 9.17) is 10.1 Å². The number of carbonyl (C=O) groups is 1. The molecule has 12 heteroatoms. The fourth-order valence-corrected chi connectivity index (χ4v) is 5.25. The maximum atomic E-state index is 13.0. The summed E-state index contributed by atoms with van der Waals surface area (Å²) in [6.07, 6.45) is 0. The van der Waals surface area contributed by atoms with Crippen molar-refractivity contribution in [1.29, 1.82) is 0 Å². The Kier molecular flexibility index (Phi) is 7.56. The van der Waals surface area contributed by atoms with E-state index in [9.17, 15) is 13.2 Å². The third-order valence-corrected chi connectivity index (χ3v) is 7.38. The van der Waals surface area contributed by atoms with Crippen LogP contribution in [0, 0.1) is 13.8 Å². The number of rotatable bonds is 9. The van der Waals surface area contributed by atoms with E-state index >= 15 is 0 Å². The molecule has 0 bridgehead atoms. The van der Waals surface area contributed by atoms with Gasteiger partial charge in [-0.3, -0.25) is 10.2 Å². The molecule has 3 aromatic carbocycles. The molecule has 0 aliphatic heterocycles. The summed E-state index contributed by atoms with van der Waals surface area (Å²) in [5.41, 5.74) is 9.44. The minimum atomic E-state index is -3.91. The van der Waals surface area contributed by atoms with Crippen molar-refractivity contribution in [2.45, 2.75) is 18.7 Å². The average Bonchev–Trinajstić information content (AvgIpc) is 2.92. The lowest BCUT2D eigenvalue weighted by atomic mass is 10.0. The summed E-state index contributed by atoms with van der Waals surface area (Å²) in [5, 5.41) is 13.9. The number of aromatic nitrogens is 3. The molecule has 0 spiro atoms. The molecule has 204 valence electrons. The predicted octanol–water partition coefficient (Wildman–Crippen LogP) is 3.57. The number of aliphatic hydroxyl groups excluding tert-OH is 1. The summed E-state index contributed by atoms with van der Waals surface area (Å²) in [6.45, 7) is 3.62. The normalized spacial score (nSPS) is 11.5. The van der Waals surface area contributed by atoms with Crippen LogP contribution < -0.4 is 20.9 Å². The topological polar surface area (TPSA) is 158 Å². The van der Waals surface area contributed by atoms with Crippen LogP contribution in [0.3, 0.4) is 0 Å². The van der Waals surface area contributed by atoms with Gasteiger partial charge < -0.3 is 10.4 Å². The summed E-state index contributed by atoms with van der Waals surface area (Å²) in [4.78, 5) is 26.0. The van der Waals surface area contributed by atoms with E-state index in [-0.39, 0.29) is 29.9 Å². The molecule has 5 aromatic rings. The zero-order valence-corrected chi connectivity index (χ0v) is 22.6. The Labute approximate surface area is 230 Å². The largest absolute Gasteiger partial charge is 0.395 e. The number of aryl methyl sites for hydroxylation is 2. The van der Waals surface area contributed by atoms with E-state index < -0.39 is 10.0 Å². The second-order valence-corrected chi connectivity index (χ2v) is 10.7. The van der Waals surface area contributed by atoms with Crippen LogP contribution in [0.4, 0.5) is 17.3 Å².